The first-order chi connectivity index (χ1) is 16.2. The summed E-state index contributed by atoms with van der Waals surface area (Å²) in [6.45, 7) is 4.77. The molecule has 0 aliphatic heterocycles. The Bertz CT molecular complexity index is 1230. The number of carbonyl (C=O) groups is 2. The Morgan fingerprint density at radius 2 is 1.68 bits per heavy atom. The van der Waals surface area contributed by atoms with Crippen LogP contribution in [-0.2, 0) is 10.2 Å². The number of anilines is 1. The number of carbonyl (C=O) groups excluding carboxylic acids is 2. The van der Waals surface area contributed by atoms with Crippen LogP contribution in [0, 0.1) is 6.92 Å². The molecule has 3 N–H and O–H groups in total. The predicted molar refractivity (Wildman–Crippen MR) is 133 cm³/mol. The van der Waals surface area contributed by atoms with Crippen LogP contribution >= 0.6 is 0 Å². The lowest BCUT2D eigenvalue weighted by Gasteiger charge is -2.18. The Hall–Kier alpha value is -3.80. The van der Waals surface area contributed by atoms with Crippen molar-refractivity contribution in [3.63, 3.8) is 0 Å². The molecule has 3 aromatic rings. The number of rotatable bonds is 7. The molecule has 0 atom stereocenters. The summed E-state index contributed by atoms with van der Waals surface area (Å²) in [5.41, 5.74) is 4.34. The van der Waals surface area contributed by atoms with Gasteiger partial charge in [-0.3, -0.25) is 9.59 Å². The van der Waals surface area contributed by atoms with E-state index in [1.54, 1.807) is 11.0 Å². The summed E-state index contributed by atoms with van der Waals surface area (Å²) in [6.07, 6.45) is 2.28. The highest BCUT2D eigenvalue weighted by Gasteiger charge is 2.51. The molecule has 0 spiro atoms. The first kappa shape index (κ1) is 23.4. The van der Waals surface area contributed by atoms with Gasteiger partial charge in [-0.1, -0.05) is 31.2 Å². The lowest BCUT2D eigenvalue weighted by Crippen LogP contribution is -2.27. The Kier molecular flexibility index (Phi) is 6.33. The standard InChI is InChI=1S/C28H30N2O4/c1-4-15-30(3)26(33)20-8-6-19(7-9-20)23-17-22(11-5-18(23)2)29-27(34)28(13-14-28)21-10-12-24(31)25(32)16-21/h5-12,16-17,31-32H,4,13-15H2,1-3H3,(H,29,34). The summed E-state index contributed by atoms with van der Waals surface area (Å²) in [6, 6.07) is 17.9. The normalized spacial score (nSPS) is 13.9. The van der Waals surface area contributed by atoms with Crippen molar-refractivity contribution in [1.82, 2.24) is 4.90 Å². The van der Waals surface area contributed by atoms with Gasteiger partial charge >= 0.3 is 0 Å². The first-order valence-electron chi connectivity index (χ1n) is 11.6. The summed E-state index contributed by atoms with van der Waals surface area (Å²) in [7, 11) is 1.81. The minimum Gasteiger partial charge on any atom is -0.504 e. The van der Waals surface area contributed by atoms with E-state index in [4.69, 9.17) is 0 Å². The number of phenolic OH excluding ortho intramolecular Hbond substituents is 2. The fourth-order valence-electron chi connectivity index (χ4n) is 4.30. The molecule has 0 saturated heterocycles. The second-order valence-corrected chi connectivity index (χ2v) is 9.07. The van der Waals surface area contributed by atoms with Gasteiger partial charge in [-0.15, -0.1) is 0 Å². The van der Waals surface area contributed by atoms with E-state index < -0.39 is 5.41 Å². The van der Waals surface area contributed by atoms with Gasteiger partial charge in [0, 0.05) is 24.8 Å². The molecule has 1 aliphatic carbocycles. The average molecular weight is 459 g/mol. The minimum absolute atomic E-state index is 0.00105. The number of aromatic hydroxyl groups is 2. The highest BCUT2D eigenvalue weighted by Crippen LogP contribution is 2.50. The van der Waals surface area contributed by atoms with Gasteiger partial charge in [0.2, 0.25) is 5.91 Å². The summed E-state index contributed by atoms with van der Waals surface area (Å²) < 4.78 is 0. The van der Waals surface area contributed by atoms with Crippen LogP contribution in [0.2, 0.25) is 0 Å². The third-order valence-electron chi connectivity index (χ3n) is 6.56. The van der Waals surface area contributed by atoms with Gasteiger partial charge < -0.3 is 20.4 Å². The molecule has 0 aromatic heterocycles. The Morgan fingerprint density at radius 3 is 2.29 bits per heavy atom. The van der Waals surface area contributed by atoms with E-state index in [0.29, 0.717) is 36.2 Å². The van der Waals surface area contributed by atoms with Crippen molar-refractivity contribution >= 4 is 17.5 Å². The molecule has 0 bridgehead atoms. The van der Waals surface area contributed by atoms with Crippen molar-refractivity contribution in [2.75, 3.05) is 18.9 Å². The zero-order valence-corrected chi connectivity index (χ0v) is 19.8. The van der Waals surface area contributed by atoms with Gasteiger partial charge in [0.05, 0.1) is 5.41 Å². The molecule has 0 heterocycles. The van der Waals surface area contributed by atoms with Crippen molar-refractivity contribution in [2.24, 2.45) is 0 Å². The molecule has 1 saturated carbocycles. The monoisotopic (exact) mass is 458 g/mol. The van der Waals surface area contributed by atoms with E-state index in [1.807, 2.05) is 63.4 Å². The summed E-state index contributed by atoms with van der Waals surface area (Å²) in [5.74, 6) is -0.557. The van der Waals surface area contributed by atoms with E-state index in [-0.39, 0.29) is 23.3 Å². The highest BCUT2D eigenvalue weighted by atomic mass is 16.3. The third kappa shape index (κ3) is 4.49. The number of amides is 2. The van der Waals surface area contributed by atoms with Gasteiger partial charge in [-0.25, -0.2) is 0 Å². The maximum Gasteiger partial charge on any atom is 0.253 e. The van der Waals surface area contributed by atoms with Crippen LogP contribution in [0.15, 0.2) is 60.7 Å². The molecular weight excluding hydrogens is 428 g/mol. The van der Waals surface area contributed by atoms with Crippen LogP contribution in [0.25, 0.3) is 11.1 Å². The SMILES string of the molecule is CCCN(C)C(=O)c1ccc(-c2cc(NC(=O)C3(c4ccc(O)c(O)c4)CC3)ccc2C)cc1. The van der Waals surface area contributed by atoms with Crippen molar-refractivity contribution in [1.29, 1.82) is 0 Å². The van der Waals surface area contributed by atoms with Crippen molar-refractivity contribution in [3.8, 4) is 22.6 Å². The fourth-order valence-corrected chi connectivity index (χ4v) is 4.30. The van der Waals surface area contributed by atoms with Crippen LogP contribution in [-0.4, -0.2) is 40.5 Å². The molecule has 6 nitrogen and oxygen atoms in total. The van der Waals surface area contributed by atoms with Crippen LogP contribution < -0.4 is 5.32 Å². The topological polar surface area (TPSA) is 89.9 Å². The molecule has 6 heteroatoms. The van der Waals surface area contributed by atoms with Crippen molar-refractivity contribution in [2.45, 2.75) is 38.5 Å². The summed E-state index contributed by atoms with van der Waals surface area (Å²) in [4.78, 5) is 27.4. The third-order valence-corrected chi connectivity index (χ3v) is 6.56. The molecule has 3 aromatic carbocycles. The van der Waals surface area contributed by atoms with E-state index >= 15 is 0 Å². The van der Waals surface area contributed by atoms with Crippen molar-refractivity contribution < 1.29 is 19.8 Å². The van der Waals surface area contributed by atoms with Crippen molar-refractivity contribution in [3.05, 3.63) is 77.4 Å². The van der Waals surface area contributed by atoms with Gasteiger partial charge in [-0.2, -0.15) is 0 Å². The molecule has 176 valence electrons. The smallest absolute Gasteiger partial charge is 0.253 e. The molecule has 2 amide bonds. The average Bonchev–Trinajstić information content (AvgIpc) is 3.64. The number of nitrogens with zero attached hydrogens (tertiary/aromatic N) is 1. The van der Waals surface area contributed by atoms with E-state index in [0.717, 1.165) is 23.1 Å². The molecule has 4 rings (SSSR count). The number of nitrogens with one attached hydrogen (secondary N) is 1. The highest BCUT2D eigenvalue weighted by molar-refractivity contribution is 6.02. The lowest BCUT2D eigenvalue weighted by atomic mass is 9.94. The zero-order valence-electron chi connectivity index (χ0n) is 19.8. The predicted octanol–water partition coefficient (Wildman–Crippen LogP) is 5.23. The number of phenols is 2. The Morgan fingerprint density at radius 1 is 0.971 bits per heavy atom. The number of benzene rings is 3. The van der Waals surface area contributed by atoms with Crippen LogP contribution in [0.4, 0.5) is 5.69 Å². The molecule has 34 heavy (non-hydrogen) atoms. The minimum atomic E-state index is -0.692. The Labute approximate surface area is 199 Å². The summed E-state index contributed by atoms with van der Waals surface area (Å²) in [5, 5.41) is 22.5. The Balaban J connectivity index is 1.54. The number of hydrogen-bond acceptors (Lipinski definition) is 4. The summed E-state index contributed by atoms with van der Waals surface area (Å²) >= 11 is 0. The maximum atomic E-state index is 13.2. The number of hydrogen-bond donors (Lipinski definition) is 3. The van der Waals surface area contributed by atoms with E-state index in [1.165, 1.54) is 12.1 Å². The van der Waals surface area contributed by atoms with E-state index in [9.17, 15) is 19.8 Å². The number of aryl methyl sites for hydroxylation is 1. The largest absolute Gasteiger partial charge is 0.504 e. The molecule has 1 fully saturated rings. The van der Waals surface area contributed by atoms with Gasteiger partial charge in [0.1, 0.15) is 0 Å². The van der Waals surface area contributed by atoms with E-state index in [2.05, 4.69) is 5.32 Å². The zero-order chi connectivity index (χ0) is 24.5. The second-order valence-electron chi connectivity index (χ2n) is 9.07. The molecule has 0 unspecified atom stereocenters. The molecule has 0 radical (unpaired) electrons. The molecular formula is C28H30N2O4. The lowest BCUT2D eigenvalue weighted by molar-refractivity contribution is -0.118. The van der Waals surface area contributed by atoms with Gasteiger partial charge in [0.25, 0.3) is 5.91 Å². The first-order valence-corrected chi connectivity index (χ1v) is 11.6. The second kappa shape index (κ2) is 9.21. The van der Waals surface area contributed by atoms with Crippen LogP contribution in [0.5, 0.6) is 11.5 Å². The van der Waals surface area contributed by atoms with Gasteiger partial charge in [0.15, 0.2) is 11.5 Å². The van der Waals surface area contributed by atoms with Gasteiger partial charge in [-0.05, 0) is 84.8 Å². The quantitative estimate of drug-likeness (QED) is 0.423. The molecule has 1 aliphatic rings. The van der Waals surface area contributed by atoms with Crippen LogP contribution in [0.3, 0.4) is 0 Å². The maximum absolute atomic E-state index is 13.2. The fraction of sp³-hybridized carbons (Fsp3) is 0.286. The van der Waals surface area contributed by atoms with Crippen LogP contribution in [0.1, 0.15) is 47.7 Å².